The predicted octanol–water partition coefficient (Wildman–Crippen LogP) is 4.97. The standard InChI is InChI=1S/C25H25N3O2/c1-4-30-21-10-8-19(15-17(21)3)23(28-22-14-16(2)11-13-26-22)20-9-7-18-6-5-12-27-24(18)25(20)29/h5-15,23,29H,4H2,1-3H3,(H,26,28)/p+1/t23-/m1/s1. The van der Waals surface area contributed by atoms with Crippen LogP contribution < -0.4 is 15.0 Å². The molecule has 0 fully saturated rings. The van der Waals surface area contributed by atoms with Gasteiger partial charge in [-0.25, -0.2) is 4.98 Å². The van der Waals surface area contributed by atoms with E-state index in [0.717, 1.165) is 39.2 Å². The molecule has 5 nitrogen and oxygen atoms in total. The number of hydrogen-bond acceptors (Lipinski definition) is 4. The Bertz CT molecular complexity index is 1190. The molecule has 0 unspecified atom stereocenters. The van der Waals surface area contributed by atoms with E-state index in [1.54, 1.807) is 6.20 Å². The van der Waals surface area contributed by atoms with Crippen molar-refractivity contribution in [2.45, 2.75) is 26.8 Å². The van der Waals surface area contributed by atoms with Gasteiger partial charge in [0.15, 0.2) is 0 Å². The second-order valence-electron chi connectivity index (χ2n) is 7.39. The monoisotopic (exact) mass is 400 g/mol. The fourth-order valence-electron chi connectivity index (χ4n) is 3.71. The van der Waals surface area contributed by atoms with Crippen molar-refractivity contribution in [1.29, 1.82) is 0 Å². The highest BCUT2D eigenvalue weighted by atomic mass is 16.5. The quantitative estimate of drug-likeness (QED) is 0.479. The van der Waals surface area contributed by atoms with Gasteiger partial charge in [-0.05, 0) is 62.2 Å². The molecule has 4 aromatic rings. The molecule has 0 aliphatic heterocycles. The number of pyridine rings is 2. The normalized spacial score (nSPS) is 12.0. The molecule has 152 valence electrons. The number of phenolic OH excluding ortho intramolecular Hbond substituents is 1. The highest BCUT2D eigenvalue weighted by Crippen LogP contribution is 2.37. The largest absolute Gasteiger partial charge is 0.505 e. The summed E-state index contributed by atoms with van der Waals surface area (Å²) in [5.74, 6) is 1.92. The average molecular weight is 401 g/mol. The summed E-state index contributed by atoms with van der Waals surface area (Å²) in [6, 6.07) is 17.7. The smallest absolute Gasteiger partial charge is 0.273 e. The maximum absolute atomic E-state index is 11.1. The number of anilines is 1. The minimum absolute atomic E-state index is 0.185. The lowest BCUT2D eigenvalue weighted by molar-refractivity contribution is -0.361. The molecule has 2 aromatic heterocycles. The molecule has 3 N–H and O–H groups in total. The fraction of sp³-hybridized carbons (Fsp3) is 0.200. The molecule has 2 heterocycles. The lowest BCUT2D eigenvalue weighted by atomic mass is 9.95. The molecule has 1 atom stereocenters. The molecule has 5 heteroatoms. The second-order valence-corrected chi connectivity index (χ2v) is 7.39. The summed E-state index contributed by atoms with van der Waals surface area (Å²) in [4.78, 5) is 7.64. The van der Waals surface area contributed by atoms with Gasteiger partial charge in [-0.2, -0.15) is 0 Å². The van der Waals surface area contributed by atoms with Crippen LogP contribution in [0.25, 0.3) is 10.9 Å². The van der Waals surface area contributed by atoms with Crippen LogP contribution in [0.3, 0.4) is 0 Å². The molecule has 0 aliphatic carbocycles. The molecule has 0 spiro atoms. The molecule has 0 amide bonds. The molecule has 0 saturated heterocycles. The molecule has 0 aliphatic rings. The van der Waals surface area contributed by atoms with Gasteiger partial charge in [0.05, 0.1) is 12.8 Å². The lowest BCUT2D eigenvalue weighted by Crippen LogP contribution is -2.19. The number of fused-ring (bicyclic) bond motifs is 1. The lowest BCUT2D eigenvalue weighted by Gasteiger charge is -2.19. The average Bonchev–Trinajstić information content (AvgIpc) is 2.75. The summed E-state index contributed by atoms with van der Waals surface area (Å²) < 4.78 is 5.71. The van der Waals surface area contributed by atoms with E-state index in [1.165, 1.54) is 0 Å². The van der Waals surface area contributed by atoms with Crippen molar-refractivity contribution >= 4 is 16.7 Å². The van der Waals surface area contributed by atoms with Crippen LogP contribution in [0.15, 0.2) is 67.0 Å². The van der Waals surface area contributed by atoms with Gasteiger partial charge in [-0.3, -0.25) is 10.3 Å². The first-order valence-electron chi connectivity index (χ1n) is 10.1. The number of aromatic nitrogens is 2. The van der Waals surface area contributed by atoms with Gasteiger partial charge in [-0.1, -0.05) is 18.2 Å². The van der Waals surface area contributed by atoms with Crippen LogP contribution in [0.4, 0.5) is 5.82 Å². The molecular formula is C25H26N3O2+. The van der Waals surface area contributed by atoms with E-state index in [4.69, 9.17) is 4.74 Å². The third-order valence-corrected chi connectivity index (χ3v) is 5.18. The van der Waals surface area contributed by atoms with E-state index in [9.17, 15) is 5.11 Å². The Morgan fingerprint density at radius 1 is 1.10 bits per heavy atom. The Morgan fingerprint density at radius 2 is 1.97 bits per heavy atom. The maximum Gasteiger partial charge on any atom is 0.273 e. The van der Waals surface area contributed by atoms with Crippen LogP contribution >= 0.6 is 0 Å². The van der Waals surface area contributed by atoms with Crippen LogP contribution in [0.5, 0.6) is 11.5 Å². The minimum atomic E-state index is -0.274. The number of nitrogens with one attached hydrogen (secondary N) is 2. The van der Waals surface area contributed by atoms with E-state index in [-0.39, 0.29) is 11.8 Å². The molecular weight excluding hydrogens is 374 g/mol. The van der Waals surface area contributed by atoms with Crippen molar-refractivity contribution in [2.24, 2.45) is 0 Å². The Morgan fingerprint density at radius 3 is 2.73 bits per heavy atom. The first-order valence-corrected chi connectivity index (χ1v) is 10.1. The third kappa shape index (κ3) is 3.92. The number of H-pyrrole nitrogens is 1. The van der Waals surface area contributed by atoms with Crippen LogP contribution in [0.2, 0.25) is 0 Å². The first kappa shape index (κ1) is 19.7. The van der Waals surface area contributed by atoms with Gasteiger partial charge in [0.1, 0.15) is 23.1 Å². The van der Waals surface area contributed by atoms with Gasteiger partial charge in [0.25, 0.3) is 5.82 Å². The number of hydrogen-bond donors (Lipinski definition) is 2. The van der Waals surface area contributed by atoms with Gasteiger partial charge in [-0.15, -0.1) is 0 Å². The molecule has 4 rings (SSSR count). The van der Waals surface area contributed by atoms with Gasteiger partial charge in [0.2, 0.25) is 0 Å². The Kier molecular flexibility index (Phi) is 5.53. The van der Waals surface area contributed by atoms with E-state index < -0.39 is 0 Å². The first-order chi connectivity index (χ1) is 14.6. The highest BCUT2D eigenvalue weighted by Gasteiger charge is 2.25. The van der Waals surface area contributed by atoms with Crippen molar-refractivity contribution in [1.82, 2.24) is 4.98 Å². The van der Waals surface area contributed by atoms with Crippen LogP contribution in [0.1, 0.15) is 35.2 Å². The van der Waals surface area contributed by atoms with Crippen molar-refractivity contribution in [2.75, 3.05) is 11.9 Å². The Balaban J connectivity index is 1.84. The van der Waals surface area contributed by atoms with Gasteiger partial charge >= 0.3 is 0 Å². The molecule has 0 saturated carbocycles. The summed E-state index contributed by atoms with van der Waals surface area (Å²) in [5.41, 5.74) is 4.57. The topological polar surface area (TPSA) is 68.5 Å². The van der Waals surface area contributed by atoms with E-state index in [2.05, 4.69) is 21.4 Å². The number of benzene rings is 2. The van der Waals surface area contributed by atoms with Crippen molar-refractivity contribution < 1.29 is 14.8 Å². The van der Waals surface area contributed by atoms with Crippen molar-refractivity contribution in [3.05, 3.63) is 89.2 Å². The third-order valence-electron chi connectivity index (χ3n) is 5.18. The van der Waals surface area contributed by atoms with E-state index in [0.29, 0.717) is 12.1 Å². The minimum Gasteiger partial charge on any atom is -0.505 e. The number of aromatic hydroxyl groups is 1. The number of rotatable bonds is 6. The molecule has 0 bridgehead atoms. The SMILES string of the molecule is CCOc1ccc([C@@H](Nc2cc(C)cc[nH+]2)c2ccc3cccnc3c2O)cc1C. The maximum atomic E-state index is 11.1. The second kappa shape index (κ2) is 8.41. The van der Waals surface area contributed by atoms with Gasteiger partial charge < -0.3 is 9.84 Å². The summed E-state index contributed by atoms with van der Waals surface area (Å²) in [6.07, 6.45) is 3.60. The predicted molar refractivity (Wildman–Crippen MR) is 119 cm³/mol. The van der Waals surface area contributed by atoms with Crippen molar-refractivity contribution in [3.63, 3.8) is 0 Å². The van der Waals surface area contributed by atoms with Crippen LogP contribution in [0, 0.1) is 13.8 Å². The summed E-state index contributed by atoms with van der Waals surface area (Å²) in [6.45, 7) is 6.68. The molecule has 30 heavy (non-hydrogen) atoms. The summed E-state index contributed by atoms with van der Waals surface area (Å²) in [7, 11) is 0. The zero-order valence-corrected chi connectivity index (χ0v) is 17.4. The van der Waals surface area contributed by atoms with Crippen molar-refractivity contribution in [3.8, 4) is 11.5 Å². The van der Waals surface area contributed by atoms with Gasteiger partial charge in [0, 0.05) is 28.8 Å². The highest BCUT2D eigenvalue weighted by molar-refractivity contribution is 5.86. The number of nitrogens with zero attached hydrogens (tertiary/aromatic N) is 1. The zero-order valence-electron chi connectivity index (χ0n) is 17.4. The zero-order chi connectivity index (χ0) is 21.1. The Labute approximate surface area is 176 Å². The summed E-state index contributed by atoms with van der Waals surface area (Å²) in [5, 5.41) is 15.5. The number of aromatic amines is 1. The molecule has 0 radical (unpaired) electrons. The number of ether oxygens (including phenoxy) is 1. The fourth-order valence-corrected chi connectivity index (χ4v) is 3.71. The Hall–Kier alpha value is -3.60. The number of phenols is 1. The van der Waals surface area contributed by atoms with Crippen LogP contribution in [-0.4, -0.2) is 16.7 Å². The van der Waals surface area contributed by atoms with Crippen LogP contribution in [-0.2, 0) is 0 Å². The molecule has 2 aromatic carbocycles. The van der Waals surface area contributed by atoms with E-state index >= 15 is 0 Å². The van der Waals surface area contributed by atoms with E-state index in [1.807, 2.05) is 75.5 Å². The number of aryl methyl sites for hydroxylation is 2. The summed E-state index contributed by atoms with van der Waals surface area (Å²) >= 11 is 0.